The lowest BCUT2D eigenvalue weighted by Gasteiger charge is -2.08. The number of amides is 1. The van der Waals surface area contributed by atoms with Crippen LogP contribution in [0.15, 0.2) is 11.4 Å². The van der Waals surface area contributed by atoms with Crippen molar-refractivity contribution in [2.45, 2.75) is 20.8 Å². The minimum absolute atomic E-state index is 0.00488. The molecule has 1 N–H and O–H groups in total. The van der Waals surface area contributed by atoms with Gasteiger partial charge in [-0.2, -0.15) is 0 Å². The number of rotatable bonds is 4. The molecule has 0 unspecified atom stereocenters. The highest BCUT2D eigenvalue weighted by Gasteiger charge is 2.19. The molecule has 0 fully saturated rings. The molecule has 0 bridgehead atoms. The van der Waals surface area contributed by atoms with Crippen LogP contribution in [-0.4, -0.2) is 20.1 Å². The quantitative estimate of drug-likeness (QED) is 0.898. The number of aryl methyl sites for hydroxylation is 1. The maximum atomic E-state index is 11.6. The van der Waals surface area contributed by atoms with Gasteiger partial charge in [0.15, 0.2) is 0 Å². The molecule has 0 aliphatic rings. The third kappa shape index (κ3) is 3.61. The maximum absolute atomic E-state index is 11.6. The minimum atomic E-state index is -3.52. The van der Waals surface area contributed by atoms with E-state index in [1.165, 1.54) is 11.3 Å². The van der Waals surface area contributed by atoms with Crippen LogP contribution in [0.4, 0.5) is 0 Å². The van der Waals surface area contributed by atoms with Crippen LogP contribution in [0.25, 0.3) is 0 Å². The molecular weight excluding hydrogens is 246 g/mol. The van der Waals surface area contributed by atoms with Gasteiger partial charge in [0.1, 0.15) is 0 Å². The predicted octanol–water partition coefficient (Wildman–Crippen LogP) is 1.77. The summed E-state index contributed by atoms with van der Waals surface area (Å²) in [5.74, 6) is -0.578. The minimum Gasteiger partial charge on any atom is -0.267 e. The second-order valence-electron chi connectivity index (χ2n) is 4.04. The fourth-order valence-electron chi connectivity index (χ4n) is 1.27. The summed E-state index contributed by atoms with van der Waals surface area (Å²) in [6.45, 7) is 5.36. The van der Waals surface area contributed by atoms with Gasteiger partial charge in [0.05, 0.1) is 10.6 Å². The predicted molar refractivity (Wildman–Crippen MR) is 65.1 cm³/mol. The molecule has 0 saturated carbocycles. The van der Waals surface area contributed by atoms with Gasteiger partial charge in [-0.1, -0.05) is 13.8 Å². The molecule has 1 rings (SSSR count). The van der Waals surface area contributed by atoms with Crippen LogP contribution >= 0.6 is 11.3 Å². The van der Waals surface area contributed by atoms with Gasteiger partial charge >= 0.3 is 0 Å². The largest absolute Gasteiger partial charge is 0.275 e. The molecule has 1 aromatic heterocycles. The van der Waals surface area contributed by atoms with E-state index >= 15 is 0 Å². The summed E-state index contributed by atoms with van der Waals surface area (Å²) in [6, 6.07) is 1.79. The van der Waals surface area contributed by atoms with Crippen LogP contribution in [-0.2, 0) is 10.0 Å². The topological polar surface area (TPSA) is 63.2 Å². The first-order valence-electron chi connectivity index (χ1n) is 4.91. The van der Waals surface area contributed by atoms with Gasteiger partial charge in [-0.15, -0.1) is 11.3 Å². The van der Waals surface area contributed by atoms with Crippen LogP contribution in [0.3, 0.4) is 0 Å². The lowest BCUT2D eigenvalue weighted by molar-refractivity contribution is 0.0985. The Morgan fingerprint density at radius 3 is 2.56 bits per heavy atom. The van der Waals surface area contributed by atoms with Crippen LogP contribution < -0.4 is 4.72 Å². The van der Waals surface area contributed by atoms with Crippen molar-refractivity contribution in [3.63, 3.8) is 0 Å². The number of hydrogen-bond donors (Lipinski definition) is 1. The fourth-order valence-corrected chi connectivity index (χ4v) is 3.50. The molecule has 0 spiro atoms. The molecule has 0 aromatic carbocycles. The molecule has 90 valence electrons. The first kappa shape index (κ1) is 13.2. The zero-order valence-corrected chi connectivity index (χ0v) is 11.1. The van der Waals surface area contributed by atoms with Gasteiger partial charge in [-0.05, 0) is 29.9 Å². The zero-order valence-electron chi connectivity index (χ0n) is 9.48. The summed E-state index contributed by atoms with van der Waals surface area (Å²) in [4.78, 5) is 12.1. The third-order valence-electron chi connectivity index (χ3n) is 1.87. The van der Waals surface area contributed by atoms with Crippen LogP contribution in [0.1, 0.15) is 29.1 Å². The highest BCUT2D eigenvalue weighted by atomic mass is 32.2. The monoisotopic (exact) mass is 261 g/mol. The van der Waals surface area contributed by atoms with Gasteiger partial charge in [0.2, 0.25) is 10.0 Å². The molecule has 1 amide bonds. The molecule has 16 heavy (non-hydrogen) atoms. The number of hydrogen-bond acceptors (Lipinski definition) is 4. The number of thiophene rings is 1. The van der Waals surface area contributed by atoms with E-state index < -0.39 is 15.9 Å². The fraction of sp³-hybridized carbons (Fsp3) is 0.500. The number of carbonyl (C=O) groups excluding carboxylic acids is 1. The van der Waals surface area contributed by atoms with E-state index in [1.807, 2.05) is 0 Å². The first-order valence-corrected chi connectivity index (χ1v) is 7.44. The number of nitrogens with one attached hydrogen (secondary N) is 1. The highest BCUT2D eigenvalue weighted by molar-refractivity contribution is 7.90. The Morgan fingerprint density at radius 1 is 1.50 bits per heavy atom. The molecule has 6 heteroatoms. The molecule has 0 atom stereocenters. The number of sulfonamides is 1. The molecule has 0 saturated heterocycles. The van der Waals surface area contributed by atoms with Gasteiger partial charge in [0.25, 0.3) is 5.91 Å². The normalized spacial score (nSPS) is 11.8. The lowest BCUT2D eigenvalue weighted by Crippen LogP contribution is -2.33. The Balaban J connectivity index is 2.76. The summed E-state index contributed by atoms with van der Waals surface area (Å²) in [5, 5.41) is 1.76. The molecule has 4 nitrogen and oxygen atoms in total. The van der Waals surface area contributed by atoms with Gasteiger partial charge in [-0.3, -0.25) is 4.79 Å². The average Bonchev–Trinajstić information content (AvgIpc) is 2.47. The molecule has 0 aliphatic heterocycles. The smallest absolute Gasteiger partial charge is 0.267 e. The Kier molecular flexibility index (Phi) is 4.09. The maximum Gasteiger partial charge on any atom is 0.275 e. The summed E-state index contributed by atoms with van der Waals surface area (Å²) in [6.07, 6.45) is 0. The summed E-state index contributed by atoms with van der Waals surface area (Å²) >= 11 is 1.24. The Bertz CT molecular complexity index is 474. The standard InChI is InChI=1S/C10H15NO3S2/c1-7(2)6-16(13,14)11-10(12)9-8(3)4-5-15-9/h4-5,7H,6H2,1-3H3,(H,11,12). The van der Waals surface area contributed by atoms with Crippen molar-refractivity contribution in [3.05, 3.63) is 21.9 Å². The van der Waals surface area contributed by atoms with E-state index in [0.717, 1.165) is 5.56 Å². The summed E-state index contributed by atoms with van der Waals surface area (Å²) < 4.78 is 25.1. The number of carbonyl (C=O) groups is 1. The van der Waals surface area contributed by atoms with Crippen LogP contribution in [0.2, 0.25) is 0 Å². The second kappa shape index (κ2) is 4.97. The summed E-state index contributed by atoms with van der Waals surface area (Å²) in [5.41, 5.74) is 0.794. The van der Waals surface area contributed by atoms with Crippen molar-refractivity contribution in [3.8, 4) is 0 Å². The molecular formula is C10H15NO3S2. The van der Waals surface area contributed by atoms with E-state index in [9.17, 15) is 13.2 Å². The van der Waals surface area contributed by atoms with Crippen molar-refractivity contribution in [2.75, 3.05) is 5.75 Å². The lowest BCUT2D eigenvalue weighted by atomic mass is 10.3. The Morgan fingerprint density at radius 2 is 2.12 bits per heavy atom. The second-order valence-corrected chi connectivity index (χ2v) is 6.72. The van der Waals surface area contributed by atoms with Crippen molar-refractivity contribution < 1.29 is 13.2 Å². The van der Waals surface area contributed by atoms with Crippen molar-refractivity contribution in [1.82, 2.24) is 4.72 Å². The van der Waals surface area contributed by atoms with E-state index in [0.29, 0.717) is 4.88 Å². The average molecular weight is 261 g/mol. The van der Waals surface area contributed by atoms with E-state index in [1.54, 1.807) is 32.2 Å². The SMILES string of the molecule is Cc1ccsc1C(=O)NS(=O)(=O)CC(C)C. The molecule has 0 radical (unpaired) electrons. The zero-order chi connectivity index (χ0) is 12.3. The van der Waals surface area contributed by atoms with Gasteiger partial charge in [0, 0.05) is 0 Å². The van der Waals surface area contributed by atoms with Crippen molar-refractivity contribution >= 4 is 27.3 Å². The highest BCUT2D eigenvalue weighted by Crippen LogP contribution is 2.15. The summed E-state index contributed by atoms with van der Waals surface area (Å²) in [7, 11) is -3.52. The van der Waals surface area contributed by atoms with Gasteiger partial charge in [-0.25, -0.2) is 13.1 Å². The molecule has 0 aliphatic carbocycles. The molecule has 1 heterocycles. The van der Waals surface area contributed by atoms with E-state index in [4.69, 9.17) is 0 Å². The van der Waals surface area contributed by atoms with E-state index in [-0.39, 0.29) is 11.7 Å². The first-order chi connectivity index (χ1) is 7.32. The van der Waals surface area contributed by atoms with Crippen molar-refractivity contribution in [2.24, 2.45) is 5.92 Å². The Labute approximate surface area is 99.7 Å². The van der Waals surface area contributed by atoms with Crippen molar-refractivity contribution in [1.29, 1.82) is 0 Å². The third-order valence-corrected chi connectivity index (χ3v) is 4.49. The van der Waals surface area contributed by atoms with Gasteiger partial charge < -0.3 is 0 Å². The van der Waals surface area contributed by atoms with Crippen LogP contribution in [0.5, 0.6) is 0 Å². The van der Waals surface area contributed by atoms with Crippen LogP contribution in [0, 0.1) is 12.8 Å². The van der Waals surface area contributed by atoms with E-state index in [2.05, 4.69) is 4.72 Å². The molecule has 1 aromatic rings. The Hall–Kier alpha value is -0.880.